The average molecular weight is 392 g/mol. The first-order chi connectivity index (χ1) is 11.1. The van der Waals surface area contributed by atoms with Crippen molar-refractivity contribution in [1.82, 2.24) is 4.98 Å². The average Bonchev–Trinajstić information content (AvgIpc) is 2.89. The molecule has 0 saturated heterocycles. The van der Waals surface area contributed by atoms with E-state index in [2.05, 4.69) is 26.2 Å². The summed E-state index contributed by atoms with van der Waals surface area (Å²) < 4.78 is 7.08. The van der Waals surface area contributed by atoms with Crippen LogP contribution in [-0.4, -0.2) is 17.5 Å². The molecule has 3 rings (SSSR count). The second kappa shape index (κ2) is 6.55. The highest BCUT2D eigenvalue weighted by Gasteiger charge is 2.11. The van der Waals surface area contributed by atoms with Gasteiger partial charge in [-0.1, -0.05) is 11.3 Å². The van der Waals surface area contributed by atoms with E-state index in [4.69, 9.17) is 10.5 Å². The van der Waals surface area contributed by atoms with Crippen LogP contribution in [0, 0.1) is 0 Å². The third-order valence-electron chi connectivity index (χ3n) is 3.15. The number of thiazole rings is 1. The Morgan fingerprint density at radius 3 is 2.78 bits per heavy atom. The lowest BCUT2D eigenvalue weighted by Crippen LogP contribution is -2.11. The van der Waals surface area contributed by atoms with E-state index in [1.165, 1.54) is 11.3 Å². The number of carbonyl (C=O) groups excluding carboxylic acids is 1. The maximum absolute atomic E-state index is 12.3. The molecule has 0 aliphatic rings. The molecule has 0 fully saturated rings. The van der Waals surface area contributed by atoms with Crippen molar-refractivity contribution in [2.45, 2.75) is 6.92 Å². The van der Waals surface area contributed by atoms with Gasteiger partial charge >= 0.3 is 0 Å². The maximum atomic E-state index is 12.3. The minimum Gasteiger partial charge on any atom is -0.494 e. The molecule has 0 bridgehead atoms. The first-order valence-electron chi connectivity index (χ1n) is 6.96. The predicted molar refractivity (Wildman–Crippen MR) is 97.3 cm³/mol. The van der Waals surface area contributed by atoms with Gasteiger partial charge in [-0.25, -0.2) is 4.98 Å². The third kappa shape index (κ3) is 3.46. The SMILES string of the molecule is CCOc1ccc(C(=O)Nc2cc(Br)c3nc(N)sc3c2)cc1. The lowest BCUT2D eigenvalue weighted by Gasteiger charge is -2.07. The van der Waals surface area contributed by atoms with Gasteiger partial charge in [-0.05, 0) is 59.3 Å². The normalized spacial score (nSPS) is 10.7. The highest BCUT2D eigenvalue weighted by Crippen LogP contribution is 2.33. The zero-order valence-corrected chi connectivity index (χ0v) is 14.7. The summed E-state index contributed by atoms with van der Waals surface area (Å²) in [6.07, 6.45) is 0. The Morgan fingerprint density at radius 1 is 1.35 bits per heavy atom. The van der Waals surface area contributed by atoms with Crippen molar-refractivity contribution in [1.29, 1.82) is 0 Å². The van der Waals surface area contributed by atoms with E-state index >= 15 is 0 Å². The van der Waals surface area contributed by atoms with Crippen molar-refractivity contribution in [2.75, 3.05) is 17.7 Å². The second-order valence-corrected chi connectivity index (χ2v) is 6.68. The van der Waals surface area contributed by atoms with Gasteiger partial charge in [-0.15, -0.1) is 0 Å². The number of carbonyl (C=O) groups is 1. The first kappa shape index (κ1) is 15.8. The van der Waals surface area contributed by atoms with Crippen LogP contribution in [0.3, 0.4) is 0 Å². The Balaban J connectivity index is 1.82. The molecule has 23 heavy (non-hydrogen) atoms. The van der Waals surface area contributed by atoms with Gasteiger partial charge in [0.05, 0.1) is 16.8 Å². The molecule has 0 unspecified atom stereocenters. The molecule has 0 aliphatic heterocycles. The van der Waals surface area contributed by atoms with Crippen molar-refractivity contribution in [3.63, 3.8) is 0 Å². The number of nitrogens with two attached hydrogens (primary N) is 1. The van der Waals surface area contributed by atoms with Crippen molar-refractivity contribution in [3.8, 4) is 5.75 Å². The minimum absolute atomic E-state index is 0.184. The maximum Gasteiger partial charge on any atom is 0.255 e. The van der Waals surface area contributed by atoms with E-state index in [0.29, 0.717) is 23.0 Å². The molecule has 0 atom stereocenters. The quantitative estimate of drug-likeness (QED) is 0.695. The number of nitrogens with zero attached hydrogens (tertiary/aromatic N) is 1. The lowest BCUT2D eigenvalue weighted by molar-refractivity contribution is 0.102. The standard InChI is InChI=1S/C16H14BrN3O2S/c1-2-22-11-5-3-9(4-6-11)15(21)19-10-7-12(17)14-13(8-10)23-16(18)20-14/h3-8H,2H2,1H3,(H2,18,20)(H,19,21). The van der Waals surface area contributed by atoms with Crippen LogP contribution in [0.4, 0.5) is 10.8 Å². The number of fused-ring (bicyclic) bond motifs is 1. The summed E-state index contributed by atoms with van der Waals surface area (Å²) in [6.45, 7) is 2.51. The summed E-state index contributed by atoms with van der Waals surface area (Å²) in [6, 6.07) is 10.7. The van der Waals surface area contributed by atoms with Crippen LogP contribution in [0.1, 0.15) is 17.3 Å². The fourth-order valence-electron chi connectivity index (χ4n) is 2.15. The van der Waals surface area contributed by atoms with E-state index in [1.54, 1.807) is 24.3 Å². The monoisotopic (exact) mass is 391 g/mol. The fraction of sp³-hybridized carbons (Fsp3) is 0.125. The Bertz CT molecular complexity index is 862. The number of nitrogens with one attached hydrogen (secondary N) is 1. The Kier molecular flexibility index (Phi) is 4.49. The van der Waals surface area contributed by atoms with Gasteiger partial charge in [0.15, 0.2) is 5.13 Å². The number of hydrogen-bond acceptors (Lipinski definition) is 5. The van der Waals surface area contributed by atoms with Crippen LogP contribution in [0.5, 0.6) is 5.75 Å². The topological polar surface area (TPSA) is 77.2 Å². The molecule has 0 aliphatic carbocycles. The van der Waals surface area contributed by atoms with Gasteiger partial charge in [0.1, 0.15) is 5.75 Å². The summed E-state index contributed by atoms with van der Waals surface area (Å²) in [7, 11) is 0. The van der Waals surface area contributed by atoms with Crippen LogP contribution >= 0.6 is 27.3 Å². The number of nitrogen functional groups attached to an aromatic ring is 1. The Labute approximate surface area is 145 Å². The summed E-state index contributed by atoms with van der Waals surface area (Å²) in [5.41, 5.74) is 7.78. The zero-order chi connectivity index (χ0) is 16.4. The molecule has 1 aromatic heterocycles. The zero-order valence-electron chi connectivity index (χ0n) is 12.3. The molecule has 3 N–H and O–H groups in total. The van der Waals surface area contributed by atoms with Gasteiger partial charge < -0.3 is 15.8 Å². The van der Waals surface area contributed by atoms with Gasteiger partial charge in [0.25, 0.3) is 5.91 Å². The van der Waals surface area contributed by atoms with Crippen LogP contribution < -0.4 is 15.8 Å². The van der Waals surface area contributed by atoms with E-state index in [1.807, 2.05) is 19.1 Å². The van der Waals surface area contributed by atoms with E-state index in [9.17, 15) is 4.79 Å². The molecule has 3 aromatic rings. The highest BCUT2D eigenvalue weighted by molar-refractivity contribution is 9.10. The molecule has 7 heteroatoms. The van der Waals surface area contributed by atoms with Crippen molar-refractivity contribution >= 4 is 54.2 Å². The van der Waals surface area contributed by atoms with Crippen molar-refractivity contribution < 1.29 is 9.53 Å². The van der Waals surface area contributed by atoms with Gasteiger partial charge in [-0.2, -0.15) is 0 Å². The Morgan fingerprint density at radius 2 is 2.09 bits per heavy atom. The van der Waals surface area contributed by atoms with E-state index < -0.39 is 0 Å². The number of rotatable bonds is 4. The number of hydrogen-bond donors (Lipinski definition) is 2. The number of amides is 1. The fourth-order valence-corrected chi connectivity index (χ4v) is 3.63. The molecule has 5 nitrogen and oxygen atoms in total. The van der Waals surface area contributed by atoms with Crippen molar-refractivity contribution in [2.24, 2.45) is 0 Å². The smallest absolute Gasteiger partial charge is 0.255 e. The first-order valence-corrected chi connectivity index (χ1v) is 8.57. The lowest BCUT2D eigenvalue weighted by atomic mass is 10.2. The molecule has 2 aromatic carbocycles. The van der Waals surface area contributed by atoms with E-state index in [-0.39, 0.29) is 5.91 Å². The van der Waals surface area contributed by atoms with Gasteiger partial charge in [0.2, 0.25) is 0 Å². The number of benzene rings is 2. The van der Waals surface area contributed by atoms with Crippen molar-refractivity contribution in [3.05, 3.63) is 46.4 Å². The second-order valence-electron chi connectivity index (χ2n) is 4.77. The highest BCUT2D eigenvalue weighted by atomic mass is 79.9. The summed E-state index contributed by atoms with van der Waals surface area (Å²) in [5.74, 6) is 0.560. The van der Waals surface area contributed by atoms with Gasteiger partial charge in [-0.3, -0.25) is 4.79 Å². The molecular weight excluding hydrogens is 378 g/mol. The largest absolute Gasteiger partial charge is 0.494 e. The molecule has 0 radical (unpaired) electrons. The van der Waals surface area contributed by atoms with Crippen LogP contribution in [-0.2, 0) is 0 Å². The number of anilines is 2. The Hall–Kier alpha value is -2.12. The molecule has 118 valence electrons. The predicted octanol–water partition coefficient (Wildman–Crippen LogP) is 4.29. The minimum atomic E-state index is -0.184. The number of ether oxygens (including phenoxy) is 1. The molecule has 0 spiro atoms. The molecular formula is C16H14BrN3O2S. The molecule has 0 saturated carbocycles. The molecule has 1 amide bonds. The molecule has 1 heterocycles. The van der Waals surface area contributed by atoms with Gasteiger partial charge in [0, 0.05) is 15.7 Å². The summed E-state index contributed by atoms with van der Waals surface area (Å²) >= 11 is 4.83. The van der Waals surface area contributed by atoms with Crippen LogP contribution in [0.2, 0.25) is 0 Å². The summed E-state index contributed by atoms with van der Waals surface area (Å²) in [4.78, 5) is 16.6. The summed E-state index contributed by atoms with van der Waals surface area (Å²) in [5, 5.41) is 3.38. The third-order valence-corrected chi connectivity index (χ3v) is 4.59. The number of halogens is 1. The van der Waals surface area contributed by atoms with Crippen LogP contribution in [0.15, 0.2) is 40.9 Å². The van der Waals surface area contributed by atoms with E-state index in [0.717, 1.165) is 20.4 Å². The number of aromatic nitrogens is 1. The van der Waals surface area contributed by atoms with Crippen LogP contribution in [0.25, 0.3) is 10.2 Å².